The largest absolute Gasteiger partial charge is 0.354 e. The van der Waals surface area contributed by atoms with Crippen LogP contribution in [0.1, 0.15) is 33.7 Å². The van der Waals surface area contributed by atoms with E-state index in [1.54, 1.807) is 30.3 Å². The number of hydrogen-bond donors (Lipinski definition) is 3. The molecule has 10 nitrogen and oxygen atoms in total. The first kappa shape index (κ1) is 22.7. The summed E-state index contributed by atoms with van der Waals surface area (Å²) in [6.07, 6.45) is 3.29. The highest BCUT2D eigenvalue weighted by Crippen LogP contribution is 2.30. The van der Waals surface area contributed by atoms with Crippen molar-refractivity contribution in [1.82, 2.24) is 25.5 Å². The summed E-state index contributed by atoms with van der Waals surface area (Å²) in [5.74, 6) is 0.348. The summed E-state index contributed by atoms with van der Waals surface area (Å²) in [6.45, 7) is 4.16. The van der Waals surface area contributed by atoms with Gasteiger partial charge in [-0.2, -0.15) is 0 Å². The first-order chi connectivity index (χ1) is 16.0. The van der Waals surface area contributed by atoms with Crippen molar-refractivity contribution in [2.24, 2.45) is 5.92 Å². The van der Waals surface area contributed by atoms with Crippen molar-refractivity contribution in [1.29, 1.82) is 0 Å². The van der Waals surface area contributed by atoms with Crippen molar-refractivity contribution >= 4 is 29.2 Å². The number of nitrogens with zero attached hydrogens (tertiary/aromatic N) is 4. The normalized spacial score (nSPS) is 16.2. The average molecular weight is 452 g/mol. The van der Waals surface area contributed by atoms with Crippen molar-refractivity contribution in [2.45, 2.75) is 12.8 Å². The molecule has 2 aliphatic rings. The first-order valence-corrected chi connectivity index (χ1v) is 11.2. The minimum atomic E-state index is -0.308. The zero-order valence-electron chi connectivity index (χ0n) is 18.7. The molecule has 2 heterocycles. The van der Waals surface area contributed by atoms with E-state index < -0.39 is 0 Å². The van der Waals surface area contributed by atoms with Gasteiger partial charge in [-0.25, -0.2) is 9.97 Å². The number of anilines is 2. The van der Waals surface area contributed by atoms with Gasteiger partial charge in [0, 0.05) is 62.5 Å². The Morgan fingerprint density at radius 1 is 0.939 bits per heavy atom. The summed E-state index contributed by atoms with van der Waals surface area (Å²) >= 11 is 0. The van der Waals surface area contributed by atoms with Crippen LogP contribution in [-0.4, -0.2) is 78.9 Å². The molecule has 2 aromatic rings. The maximum atomic E-state index is 12.4. The molecule has 33 heavy (non-hydrogen) atoms. The average Bonchev–Trinajstić information content (AvgIpc) is 3.68. The fourth-order valence-corrected chi connectivity index (χ4v) is 3.52. The highest BCUT2D eigenvalue weighted by atomic mass is 16.2. The number of benzene rings is 1. The van der Waals surface area contributed by atoms with Gasteiger partial charge in [-0.3, -0.25) is 14.4 Å². The molecule has 0 spiro atoms. The number of amides is 3. The van der Waals surface area contributed by atoms with Gasteiger partial charge >= 0.3 is 0 Å². The van der Waals surface area contributed by atoms with Crippen LogP contribution in [0.5, 0.6) is 0 Å². The third kappa shape index (κ3) is 6.26. The van der Waals surface area contributed by atoms with E-state index in [4.69, 9.17) is 0 Å². The summed E-state index contributed by atoms with van der Waals surface area (Å²) in [7, 11) is 2.08. The van der Waals surface area contributed by atoms with Crippen molar-refractivity contribution in [3.63, 3.8) is 0 Å². The van der Waals surface area contributed by atoms with Crippen LogP contribution in [0.25, 0.3) is 0 Å². The van der Waals surface area contributed by atoms with Crippen molar-refractivity contribution in [2.75, 3.05) is 56.5 Å². The maximum absolute atomic E-state index is 12.4. The predicted octanol–water partition coefficient (Wildman–Crippen LogP) is 0.737. The number of rotatable bonds is 8. The van der Waals surface area contributed by atoms with Gasteiger partial charge in [0.1, 0.15) is 17.8 Å². The number of likely N-dealkylation sites (N-methyl/N-ethyl adjacent to an activating group) is 1. The van der Waals surface area contributed by atoms with Crippen molar-refractivity contribution < 1.29 is 14.4 Å². The van der Waals surface area contributed by atoms with Crippen molar-refractivity contribution in [3.05, 3.63) is 47.9 Å². The highest BCUT2D eigenvalue weighted by molar-refractivity contribution is 5.97. The van der Waals surface area contributed by atoms with Crippen LogP contribution in [0, 0.1) is 5.92 Å². The number of nitrogens with one attached hydrogen (secondary N) is 3. The molecule has 0 unspecified atom stereocenters. The Morgan fingerprint density at radius 3 is 2.27 bits per heavy atom. The monoisotopic (exact) mass is 451 g/mol. The molecule has 1 saturated heterocycles. The Hall–Kier alpha value is -3.53. The van der Waals surface area contributed by atoms with E-state index in [1.165, 1.54) is 6.33 Å². The van der Waals surface area contributed by atoms with Gasteiger partial charge in [-0.1, -0.05) is 0 Å². The fraction of sp³-hybridized carbons (Fsp3) is 0.435. The molecule has 0 atom stereocenters. The molecule has 2 fully saturated rings. The maximum Gasteiger partial charge on any atom is 0.270 e. The third-order valence-electron chi connectivity index (χ3n) is 5.77. The Kier molecular flexibility index (Phi) is 7.13. The van der Waals surface area contributed by atoms with E-state index in [0.717, 1.165) is 44.8 Å². The lowest BCUT2D eigenvalue weighted by atomic mass is 10.2. The smallest absolute Gasteiger partial charge is 0.270 e. The van der Waals surface area contributed by atoms with Gasteiger partial charge < -0.3 is 25.8 Å². The van der Waals surface area contributed by atoms with E-state index in [9.17, 15) is 14.4 Å². The number of carbonyl (C=O) groups excluding carboxylic acids is 3. The van der Waals surface area contributed by atoms with E-state index in [2.05, 4.69) is 42.8 Å². The van der Waals surface area contributed by atoms with Crippen LogP contribution in [0.15, 0.2) is 36.7 Å². The Bertz CT molecular complexity index is 999. The second kappa shape index (κ2) is 10.4. The first-order valence-electron chi connectivity index (χ1n) is 11.2. The van der Waals surface area contributed by atoms with Crippen LogP contribution in [0.3, 0.4) is 0 Å². The molecular weight excluding hydrogens is 422 g/mol. The van der Waals surface area contributed by atoms with Gasteiger partial charge in [0.25, 0.3) is 11.8 Å². The number of hydrogen-bond acceptors (Lipinski definition) is 7. The number of aromatic nitrogens is 2. The Labute approximate surface area is 192 Å². The molecule has 1 aliphatic heterocycles. The van der Waals surface area contributed by atoms with Gasteiger partial charge in [-0.05, 0) is 44.2 Å². The Morgan fingerprint density at radius 2 is 1.61 bits per heavy atom. The molecule has 4 rings (SSSR count). The standard InChI is InChI=1S/C23H29N7O3/c1-29-10-12-30(13-11-29)20-14-19(26-15-27-20)23(33)25-9-8-24-21(31)16-4-6-18(7-5-16)28-22(32)17-2-3-17/h4-7,14-15,17H,2-3,8-13H2,1H3,(H,24,31)(H,25,33)(H,28,32). The fourth-order valence-electron chi connectivity index (χ4n) is 3.52. The van der Waals surface area contributed by atoms with Crippen LogP contribution in [0.4, 0.5) is 11.5 Å². The molecule has 10 heteroatoms. The summed E-state index contributed by atoms with van der Waals surface area (Å²) in [4.78, 5) is 49.3. The molecular formula is C23H29N7O3. The van der Waals surface area contributed by atoms with Crippen molar-refractivity contribution in [3.8, 4) is 0 Å². The summed E-state index contributed by atoms with van der Waals surface area (Å²) in [5, 5.41) is 8.39. The Balaban J connectivity index is 1.20. The molecule has 3 amide bonds. The lowest BCUT2D eigenvalue weighted by molar-refractivity contribution is -0.117. The SMILES string of the molecule is CN1CCN(c2cc(C(=O)NCCNC(=O)c3ccc(NC(=O)C4CC4)cc3)ncn2)CC1. The zero-order valence-corrected chi connectivity index (χ0v) is 18.7. The van der Waals surface area contributed by atoms with Gasteiger partial charge in [0.15, 0.2) is 0 Å². The summed E-state index contributed by atoms with van der Waals surface area (Å²) in [5.41, 5.74) is 1.46. The van der Waals surface area contributed by atoms with Gasteiger partial charge in [-0.15, -0.1) is 0 Å². The second-order valence-electron chi connectivity index (χ2n) is 8.40. The lowest BCUT2D eigenvalue weighted by Gasteiger charge is -2.33. The molecule has 1 aromatic heterocycles. The molecule has 1 aliphatic carbocycles. The van der Waals surface area contributed by atoms with Gasteiger partial charge in [0.05, 0.1) is 0 Å². The minimum absolute atomic E-state index is 0.0299. The van der Waals surface area contributed by atoms with E-state index in [1.807, 2.05) is 0 Å². The lowest BCUT2D eigenvalue weighted by Crippen LogP contribution is -2.45. The molecule has 174 valence electrons. The van der Waals surface area contributed by atoms with E-state index in [-0.39, 0.29) is 36.7 Å². The quantitative estimate of drug-likeness (QED) is 0.507. The van der Waals surface area contributed by atoms with Crippen LogP contribution < -0.4 is 20.9 Å². The number of piperazine rings is 1. The molecule has 0 bridgehead atoms. The van der Waals surface area contributed by atoms with Crippen LogP contribution in [0.2, 0.25) is 0 Å². The van der Waals surface area contributed by atoms with E-state index >= 15 is 0 Å². The summed E-state index contributed by atoms with van der Waals surface area (Å²) < 4.78 is 0. The van der Waals surface area contributed by atoms with E-state index in [0.29, 0.717) is 16.9 Å². The molecule has 1 aromatic carbocycles. The van der Waals surface area contributed by atoms with Crippen LogP contribution >= 0.6 is 0 Å². The second-order valence-corrected chi connectivity index (χ2v) is 8.40. The van der Waals surface area contributed by atoms with Gasteiger partial charge in [0.2, 0.25) is 5.91 Å². The third-order valence-corrected chi connectivity index (χ3v) is 5.77. The highest BCUT2D eigenvalue weighted by Gasteiger charge is 2.29. The predicted molar refractivity (Wildman–Crippen MR) is 124 cm³/mol. The zero-order chi connectivity index (χ0) is 23.2. The summed E-state index contributed by atoms with van der Waals surface area (Å²) in [6, 6.07) is 8.45. The topological polar surface area (TPSA) is 120 Å². The molecule has 1 saturated carbocycles. The minimum Gasteiger partial charge on any atom is -0.354 e. The molecule has 0 radical (unpaired) electrons. The van der Waals surface area contributed by atoms with Crippen LogP contribution in [-0.2, 0) is 4.79 Å². The molecule has 3 N–H and O–H groups in total. The number of carbonyl (C=O) groups is 3.